The second-order valence-electron chi connectivity index (χ2n) is 7.12. The van der Waals surface area contributed by atoms with E-state index in [0.717, 1.165) is 28.3 Å². The third-order valence-electron chi connectivity index (χ3n) is 3.52. The zero-order valence-electron chi connectivity index (χ0n) is 15.3. The van der Waals surface area contributed by atoms with E-state index in [-0.39, 0.29) is 0 Å². The molecule has 0 aliphatic rings. The Labute approximate surface area is 148 Å². The van der Waals surface area contributed by atoms with E-state index in [4.69, 9.17) is 4.74 Å². The largest absolute Gasteiger partial charge is 0.389 e. The van der Waals surface area contributed by atoms with E-state index >= 15 is 0 Å². The quantitative estimate of drug-likeness (QED) is 0.722. The lowest BCUT2D eigenvalue weighted by molar-refractivity contribution is 0.0317. The number of aliphatic hydroxyl groups is 1. The average Bonchev–Trinajstić information content (AvgIpc) is 2.86. The standard InChI is InChI=1S/C18H29N3O2S/c1-11(2)6-14-10-24-18-16(14)17(20-13(5)21-18)19-7-15(22)9-23-8-12(3)4/h10-12,15,22H,6-9H2,1-5H3,(H,19,20,21). The number of rotatable bonds is 9. The summed E-state index contributed by atoms with van der Waals surface area (Å²) < 4.78 is 5.50. The number of aromatic nitrogens is 2. The van der Waals surface area contributed by atoms with Crippen molar-refractivity contribution in [1.29, 1.82) is 0 Å². The predicted octanol–water partition coefficient (Wildman–Crippen LogP) is 3.64. The molecule has 0 aliphatic heterocycles. The van der Waals surface area contributed by atoms with Crippen LogP contribution in [0.4, 0.5) is 5.82 Å². The molecule has 0 aliphatic carbocycles. The first-order chi connectivity index (χ1) is 11.4. The number of anilines is 1. The molecule has 0 saturated carbocycles. The lowest BCUT2D eigenvalue weighted by Crippen LogP contribution is -2.26. The molecule has 2 rings (SSSR count). The van der Waals surface area contributed by atoms with E-state index in [9.17, 15) is 5.11 Å². The first-order valence-corrected chi connectivity index (χ1v) is 9.49. The van der Waals surface area contributed by atoms with Crippen LogP contribution in [0.2, 0.25) is 0 Å². The van der Waals surface area contributed by atoms with Crippen molar-refractivity contribution in [2.24, 2.45) is 11.8 Å². The predicted molar refractivity (Wildman–Crippen MR) is 101 cm³/mol. The molecule has 1 atom stereocenters. The van der Waals surface area contributed by atoms with Gasteiger partial charge in [-0.2, -0.15) is 0 Å². The van der Waals surface area contributed by atoms with Gasteiger partial charge in [0.2, 0.25) is 0 Å². The molecule has 134 valence electrons. The minimum absolute atomic E-state index is 0.334. The number of aryl methyl sites for hydroxylation is 1. The Morgan fingerprint density at radius 3 is 2.58 bits per heavy atom. The van der Waals surface area contributed by atoms with Crippen LogP contribution < -0.4 is 5.32 Å². The molecular formula is C18H29N3O2S. The monoisotopic (exact) mass is 351 g/mol. The molecule has 2 aromatic rings. The van der Waals surface area contributed by atoms with Crippen LogP contribution in [-0.2, 0) is 11.2 Å². The molecule has 0 fully saturated rings. The SMILES string of the molecule is Cc1nc(NCC(O)COCC(C)C)c2c(CC(C)C)csc2n1. The molecule has 2 heterocycles. The van der Waals surface area contributed by atoms with E-state index in [0.29, 0.717) is 31.6 Å². The number of ether oxygens (including phenoxy) is 1. The summed E-state index contributed by atoms with van der Waals surface area (Å²) in [4.78, 5) is 10.1. The molecule has 0 amide bonds. The second-order valence-corrected chi connectivity index (χ2v) is 7.98. The summed E-state index contributed by atoms with van der Waals surface area (Å²) in [6.07, 6.45) is 0.447. The Kier molecular flexibility index (Phi) is 6.95. The van der Waals surface area contributed by atoms with Crippen LogP contribution in [0.15, 0.2) is 5.38 Å². The summed E-state index contributed by atoms with van der Waals surface area (Å²) in [6.45, 7) is 11.9. The van der Waals surface area contributed by atoms with Crippen LogP contribution in [0.1, 0.15) is 39.1 Å². The smallest absolute Gasteiger partial charge is 0.138 e. The summed E-state index contributed by atoms with van der Waals surface area (Å²) in [5, 5.41) is 16.7. The van der Waals surface area contributed by atoms with Crippen LogP contribution >= 0.6 is 11.3 Å². The maximum absolute atomic E-state index is 10.1. The van der Waals surface area contributed by atoms with E-state index in [2.05, 4.69) is 48.4 Å². The molecule has 5 nitrogen and oxygen atoms in total. The number of hydrogen-bond donors (Lipinski definition) is 2. The van der Waals surface area contributed by atoms with E-state index in [1.54, 1.807) is 11.3 Å². The van der Waals surface area contributed by atoms with Crippen LogP contribution in [0, 0.1) is 18.8 Å². The van der Waals surface area contributed by atoms with Gasteiger partial charge < -0.3 is 15.2 Å². The van der Waals surface area contributed by atoms with Crippen molar-refractivity contribution in [3.8, 4) is 0 Å². The van der Waals surface area contributed by atoms with Crippen LogP contribution in [0.5, 0.6) is 0 Å². The highest BCUT2D eigenvalue weighted by molar-refractivity contribution is 7.17. The van der Waals surface area contributed by atoms with Crippen molar-refractivity contribution in [3.05, 3.63) is 16.8 Å². The van der Waals surface area contributed by atoms with Crippen LogP contribution in [0.3, 0.4) is 0 Å². The lowest BCUT2D eigenvalue weighted by atomic mass is 10.0. The highest BCUT2D eigenvalue weighted by Gasteiger charge is 2.15. The average molecular weight is 352 g/mol. The fourth-order valence-corrected chi connectivity index (χ4v) is 3.54. The van der Waals surface area contributed by atoms with Gasteiger partial charge in [0.25, 0.3) is 0 Å². The zero-order valence-corrected chi connectivity index (χ0v) is 16.1. The third kappa shape index (κ3) is 5.40. The number of aliphatic hydroxyl groups excluding tert-OH is 1. The fourth-order valence-electron chi connectivity index (χ4n) is 2.54. The Morgan fingerprint density at radius 2 is 1.92 bits per heavy atom. The second kappa shape index (κ2) is 8.74. The Hall–Kier alpha value is -1.24. The van der Waals surface area contributed by atoms with Crippen molar-refractivity contribution >= 4 is 27.4 Å². The third-order valence-corrected chi connectivity index (χ3v) is 4.44. The van der Waals surface area contributed by atoms with Gasteiger partial charge in [-0.15, -0.1) is 11.3 Å². The minimum Gasteiger partial charge on any atom is -0.389 e. The molecule has 2 aromatic heterocycles. The van der Waals surface area contributed by atoms with Gasteiger partial charge in [-0.1, -0.05) is 27.7 Å². The highest BCUT2D eigenvalue weighted by Crippen LogP contribution is 2.31. The Balaban J connectivity index is 2.08. The van der Waals surface area contributed by atoms with Crippen molar-refractivity contribution in [3.63, 3.8) is 0 Å². The van der Waals surface area contributed by atoms with E-state index in [1.807, 2.05) is 6.92 Å². The molecular weight excluding hydrogens is 322 g/mol. The van der Waals surface area contributed by atoms with Gasteiger partial charge in [0.05, 0.1) is 18.1 Å². The van der Waals surface area contributed by atoms with Crippen LogP contribution in [0.25, 0.3) is 10.2 Å². The summed E-state index contributed by atoms with van der Waals surface area (Å²) in [5.41, 5.74) is 1.28. The van der Waals surface area contributed by atoms with Crippen molar-refractivity contribution in [1.82, 2.24) is 9.97 Å². The molecule has 24 heavy (non-hydrogen) atoms. The van der Waals surface area contributed by atoms with E-state index < -0.39 is 6.10 Å². The maximum Gasteiger partial charge on any atom is 0.138 e. The van der Waals surface area contributed by atoms with Gasteiger partial charge in [0.15, 0.2) is 0 Å². The van der Waals surface area contributed by atoms with E-state index in [1.165, 1.54) is 5.56 Å². The Morgan fingerprint density at radius 1 is 1.17 bits per heavy atom. The molecule has 2 N–H and O–H groups in total. The van der Waals surface area contributed by atoms with Crippen molar-refractivity contribution in [2.45, 2.75) is 47.1 Å². The number of nitrogens with zero attached hydrogens (tertiary/aromatic N) is 2. The summed E-state index contributed by atoms with van der Waals surface area (Å²) in [5.74, 6) is 2.61. The Bertz CT molecular complexity index is 655. The normalized spacial score (nSPS) is 13.2. The number of nitrogens with one attached hydrogen (secondary N) is 1. The summed E-state index contributed by atoms with van der Waals surface area (Å²) >= 11 is 1.66. The molecule has 0 radical (unpaired) electrons. The maximum atomic E-state index is 10.1. The number of hydrogen-bond acceptors (Lipinski definition) is 6. The zero-order chi connectivity index (χ0) is 17.7. The number of fused-ring (bicyclic) bond motifs is 1. The molecule has 0 bridgehead atoms. The van der Waals surface area contributed by atoms with Gasteiger partial charge in [0, 0.05) is 13.2 Å². The van der Waals surface area contributed by atoms with Crippen molar-refractivity contribution in [2.75, 3.05) is 25.1 Å². The highest BCUT2D eigenvalue weighted by atomic mass is 32.1. The molecule has 1 unspecified atom stereocenters. The summed E-state index contributed by atoms with van der Waals surface area (Å²) in [6, 6.07) is 0. The number of thiophene rings is 1. The van der Waals surface area contributed by atoms with Crippen LogP contribution in [-0.4, -0.2) is 40.9 Å². The summed E-state index contributed by atoms with van der Waals surface area (Å²) in [7, 11) is 0. The molecule has 0 saturated heterocycles. The fraction of sp³-hybridized carbons (Fsp3) is 0.667. The first kappa shape index (κ1) is 19.1. The lowest BCUT2D eigenvalue weighted by Gasteiger charge is -2.15. The topological polar surface area (TPSA) is 67.3 Å². The van der Waals surface area contributed by atoms with Gasteiger partial charge in [0.1, 0.15) is 16.5 Å². The van der Waals surface area contributed by atoms with Gasteiger partial charge in [-0.25, -0.2) is 9.97 Å². The first-order valence-electron chi connectivity index (χ1n) is 8.61. The molecule has 0 aromatic carbocycles. The molecule has 0 spiro atoms. The van der Waals surface area contributed by atoms with Crippen molar-refractivity contribution < 1.29 is 9.84 Å². The minimum atomic E-state index is -0.554. The van der Waals surface area contributed by atoms with Gasteiger partial charge in [-0.3, -0.25) is 0 Å². The van der Waals surface area contributed by atoms with Gasteiger partial charge >= 0.3 is 0 Å². The van der Waals surface area contributed by atoms with Gasteiger partial charge in [-0.05, 0) is 36.1 Å². The molecule has 6 heteroatoms.